The van der Waals surface area contributed by atoms with Gasteiger partial charge in [0, 0.05) is 19.0 Å². The molecule has 8 nitrogen and oxygen atoms in total. The van der Waals surface area contributed by atoms with E-state index in [4.69, 9.17) is 9.84 Å². The minimum absolute atomic E-state index is 0.192. The summed E-state index contributed by atoms with van der Waals surface area (Å²) in [7, 11) is 0. The van der Waals surface area contributed by atoms with Gasteiger partial charge in [-0.05, 0) is 13.0 Å². The van der Waals surface area contributed by atoms with Crippen molar-refractivity contribution in [3.63, 3.8) is 0 Å². The number of aromatic nitrogens is 4. The van der Waals surface area contributed by atoms with E-state index in [0.717, 1.165) is 0 Å². The highest BCUT2D eigenvalue weighted by atomic mass is 16.5. The van der Waals surface area contributed by atoms with Crippen molar-refractivity contribution in [2.75, 3.05) is 6.54 Å². The van der Waals surface area contributed by atoms with Crippen molar-refractivity contribution >= 4 is 11.6 Å². The van der Waals surface area contributed by atoms with Crippen LogP contribution in [-0.4, -0.2) is 49.6 Å². The summed E-state index contributed by atoms with van der Waals surface area (Å²) in [5.41, 5.74) is 0.651. The molecule has 19 heavy (non-hydrogen) atoms. The van der Waals surface area contributed by atoms with Crippen LogP contribution < -0.4 is 10.1 Å². The van der Waals surface area contributed by atoms with Gasteiger partial charge in [-0.3, -0.25) is 4.79 Å². The van der Waals surface area contributed by atoms with Gasteiger partial charge in [0.15, 0.2) is 11.5 Å². The van der Waals surface area contributed by atoms with Crippen LogP contribution in [0.5, 0.6) is 5.88 Å². The molecule has 2 N–H and O–H groups in total. The predicted molar refractivity (Wildman–Crippen MR) is 64.0 cm³/mol. The average molecular weight is 263 g/mol. The third kappa shape index (κ3) is 2.22. The molecule has 100 valence electrons. The van der Waals surface area contributed by atoms with Gasteiger partial charge in [-0.1, -0.05) is 0 Å². The SMILES string of the molecule is Cc1nnc2ccc(OC3CNC(C(=O)O)C3)nn12. The fraction of sp³-hybridized carbons (Fsp3) is 0.455. The number of aryl methyl sites for hydroxylation is 1. The Morgan fingerprint density at radius 3 is 3.11 bits per heavy atom. The summed E-state index contributed by atoms with van der Waals surface area (Å²) >= 11 is 0. The Hall–Kier alpha value is -2.22. The molecule has 1 fully saturated rings. The van der Waals surface area contributed by atoms with E-state index in [1.54, 1.807) is 23.6 Å². The highest BCUT2D eigenvalue weighted by Gasteiger charge is 2.30. The molecule has 2 unspecified atom stereocenters. The number of hydrogen-bond donors (Lipinski definition) is 2. The maximum atomic E-state index is 10.8. The molecule has 0 aromatic carbocycles. The number of fused-ring (bicyclic) bond motifs is 1. The zero-order valence-corrected chi connectivity index (χ0v) is 10.3. The molecule has 1 saturated heterocycles. The van der Waals surface area contributed by atoms with Gasteiger partial charge in [0.05, 0.1) is 0 Å². The van der Waals surface area contributed by atoms with Crippen LogP contribution in [0.4, 0.5) is 0 Å². The summed E-state index contributed by atoms with van der Waals surface area (Å²) in [5.74, 6) is 0.255. The summed E-state index contributed by atoms with van der Waals surface area (Å²) in [4.78, 5) is 10.8. The Labute approximate surface area is 108 Å². The Morgan fingerprint density at radius 1 is 1.53 bits per heavy atom. The van der Waals surface area contributed by atoms with E-state index in [-0.39, 0.29) is 6.10 Å². The molecule has 1 aliphatic rings. The van der Waals surface area contributed by atoms with E-state index in [9.17, 15) is 4.79 Å². The second-order valence-corrected chi connectivity index (χ2v) is 4.46. The molecule has 0 saturated carbocycles. The van der Waals surface area contributed by atoms with E-state index in [2.05, 4.69) is 20.6 Å². The van der Waals surface area contributed by atoms with E-state index < -0.39 is 12.0 Å². The second kappa shape index (κ2) is 4.47. The molecule has 3 heterocycles. The summed E-state index contributed by atoms with van der Waals surface area (Å²) in [6.07, 6.45) is 0.235. The molecule has 0 bridgehead atoms. The highest BCUT2D eigenvalue weighted by Crippen LogP contribution is 2.16. The lowest BCUT2D eigenvalue weighted by Gasteiger charge is -2.11. The Morgan fingerprint density at radius 2 is 2.37 bits per heavy atom. The number of rotatable bonds is 3. The van der Waals surface area contributed by atoms with Crippen molar-refractivity contribution < 1.29 is 14.6 Å². The molecule has 8 heteroatoms. The van der Waals surface area contributed by atoms with E-state index in [1.807, 2.05) is 0 Å². The standard InChI is InChI=1S/C11H13N5O3/c1-6-13-14-9-2-3-10(15-16(6)9)19-7-4-8(11(17)18)12-5-7/h2-3,7-8,12H,4-5H2,1H3,(H,17,18). The molecular weight excluding hydrogens is 250 g/mol. The van der Waals surface area contributed by atoms with Crippen molar-refractivity contribution in [1.82, 2.24) is 25.1 Å². The quantitative estimate of drug-likeness (QED) is 0.778. The lowest BCUT2D eigenvalue weighted by Crippen LogP contribution is -2.30. The molecule has 2 atom stereocenters. The van der Waals surface area contributed by atoms with Gasteiger partial charge >= 0.3 is 5.97 Å². The van der Waals surface area contributed by atoms with Gasteiger partial charge in [-0.25, -0.2) is 0 Å². The lowest BCUT2D eigenvalue weighted by molar-refractivity contribution is -0.139. The fourth-order valence-corrected chi connectivity index (χ4v) is 2.09. The monoisotopic (exact) mass is 263 g/mol. The lowest BCUT2D eigenvalue weighted by atomic mass is 10.2. The number of aliphatic carboxylic acids is 1. The zero-order valence-electron chi connectivity index (χ0n) is 10.3. The van der Waals surface area contributed by atoms with Crippen molar-refractivity contribution in [2.45, 2.75) is 25.5 Å². The summed E-state index contributed by atoms with van der Waals surface area (Å²) in [6, 6.07) is 2.92. The van der Waals surface area contributed by atoms with Gasteiger partial charge in [0.2, 0.25) is 5.88 Å². The number of carbonyl (C=O) groups is 1. The van der Waals surface area contributed by atoms with Crippen molar-refractivity contribution in [1.29, 1.82) is 0 Å². The third-order valence-electron chi connectivity index (χ3n) is 3.07. The Balaban J connectivity index is 1.75. The zero-order chi connectivity index (χ0) is 13.4. The molecule has 0 amide bonds. The smallest absolute Gasteiger partial charge is 0.320 e. The fourth-order valence-electron chi connectivity index (χ4n) is 2.09. The van der Waals surface area contributed by atoms with Crippen LogP contribution in [0.1, 0.15) is 12.2 Å². The predicted octanol–water partition coefficient (Wildman–Crippen LogP) is -0.373. The molecule has 2 aromatic rings. The van der Waals surface area contributed by atoms with Gasteiger partial charge in [0.1, 0.15) is 12.1 Å². The number of hydrogen-bond acceptors (Lipinski definition) is 6. The van der Waals surface area contributed by atoms with Crippen LogP contribution in [0.3, 0.4) is 0 Å². The Bertz CT molecular complexity index is 626. The highest BCUT2D eigenvalue weighted by molar-refractivity contribution is 5.73. The van der Waals surface area contributed by atoms with Crippen molar-refractivity contribution in [3.8, 4) is 5.88 Å². The third-order valence-corrected chi connectivity index (χ3v) is 3.07. The molecule has 3 rings (SSSR count). The number of ether oxygens (including phenoxy) is 1. The van der Waals surface area contributed by atoms with E-state index >= 15 is 0 Å². The largest absolute Gasteiger partial charge is 0.480 e. The first kappa shape index (κ1) is 11.8. The Kier molecular flexibility index (Phi) is 2.79. The van der Waals surface area contributed by atoms with Crippen LogP contribution in [0.2, 0.25) is 0 Å². The normalized spacial score (nSPS) is 22.8. The molecular formula is C11H13N5O3. The minimum atomic E-state index is -0.857. The summed E-state index contributed by atoms with van der Waals surface area (Å²) in [6.45, 7) is 2.30. The maximum absolute atomic E-state index is 10.8. The number of carboxylic acid groups (broad SMARTS) is 1. The summed E-state index contributed by atoms with van der Waals surface area (Å²) in [5, 5.41) is 23.9. The average Bonchev–Trinajstić information content (AvgIpc) is 2.98. The number of nitrogens with one attached hydrogen (secondary N) is 1. The minimum Gasteiger partial charge on any atom is -0.480 e. The molecule has 0 spiro atoms. The molecule has 0 radical (unpaired) electrons. The van der Waals surface area contributed by atoms with Crippen molar-refractivity contribution in [2.24, 2.45) is 0 Å². The van der Waals surface area contributed by atoms with Gasteiger partial charge < -0.3 is 15.2 Å². The first-order valence-corrected chi connectivity index (χ1v) is 5.95. The number of carboxylic acids is 1. The van der Waals surface area contributed by atoms with Gasteiger partial charge in [0.25, 0.3) is 0 Å². The maximum Gasteiger partial charge on any atom is 0.320 e. The van der Waals surface area contributed by atoms with Crippen LogP contribution >= 0.6 is 0 Å². The summed E-state index contributed by atoms with van der Waals surface area (Å²) < 4.78 is 7.26. The van der Waals surface area contributed by atoms with E-state index in [0.29, 0.717) is 30.3 Å². The first-order valence-electron chi connectivity index (χ1n) is 5.95. The van der Waals surface area contributed by atoms with Crippen LogP contribution in [0.15, 0.2) is 12.1 Å². The van der Waals surface area contributed by atoms with Crippen LogP contribution in [-0.2, 0) is 4.79 Å². The molecule has 2 aromatic heterocycles. The van der Waals surface area contributed by atoms with Crippen LogP contribution in [0, 0.1) is 6.92 Å². The second-order valence-electron chi connectivity index (χ2n) is 4.46. The van der Waals surface area contributed by atoms with E-state index in [1.165, 1.54) is 0 Å². The van der Waals surface area contributed by atoms with Crippen LogP contribution in [0.25, 0.3) is 5.65 Å². The number of nitrogens with zero attached hydrogens (tertiary/aromatic N) is 4. The van der Waals surface area contributed by atoms with Crippen molar-refractivity contribution in [3.05, 3.63) is 18.0 Å². The topological polar surface area (TPSA) is 102 Å². The van der Waals surface area contributed by atoms with Gasteiger partial charge in [-0.15, -0.1) is 15.3 Å². The first-order chi connectivity index (χ1) is 9.13. The molecule has 0 aliphatic carbocycles. The van der Waals surface area contributed by atoms with Gasteiger partial charge in [-0.2, -0.15) is 4.52 Å². The molecule has 1 aliphatic heterocycles.